The van der Waals surface area contributed by atoms with Gasteiger partial charge in [-0.3, -0.25) is 0 Å². The predicted molar refractivity (Wildman–Crippen MR) is 69.2 cm³/mol. The van der Waals surface area contributed by atoms with Crippen LogP contribution < -0.4 is 5.32 Å². The van der Waals surface area contributed by atoms with Crippen molar-refractivity contribution in [3.8, 4) is 6.07 Å². The van der Waals surface area contributed by atoms with Crippen molar-refractivity contribution in [3.63, 3.8) is 0 Å². The maximum Gasteiger partial charge on any atom is 0.318 e. The first-order chi connectivity index (χ1) is 9.28. The lowest BCUT2D eigenvalue weighted by atomic mass is 10.1. The van der Waals surface area contributed by atoms with Gasteiger partial charge in [-0.1, -0.05) is 6.07 Å². The fourth-order valence-electron chi connectivity index (χ4n) is 2.33. The minimum Gasteiger partial charge on any atom is -0.345 e. The van der Waals surface area contributed by atoms with Crippen LogP contribution in [0.4, 0.5) is 4.79 Å². The quantitative estimate of drug-likeness (QED) is 0.872. The van der Waals surface area contributed by atoms with Gasteiger partial charge in [-0.25, -0.2) is 9.78 Å². The molecule has 6 nitrogen and oxygen atoms in total. The molecule has 3 rings (SSSR count). The first kappa shape index (κ1) is 11.5. The SMILES string of the molecule is N#CCCN1CC(c2ccc3nc[nH]c3c2)NC1=O. The minimum atomic E-state index is -0.107. The lowest BCUT2D eigenvalue weighted by molar-refractivity contribution is 0.218. The maximum absolute atomic E-state index is 11.8. The summed E-state index contributed by atoms with van der Waals surface area (Å²) in [5.74, 6) is 0. The number of nitrogens with zero attached hydrogens (tertiary/aromatic N) is 3. The Balaban J connectivity index is 1.79. The monoisotopic (exact) mass is 255 g/mol. The Kier molecular flexibility index (Phi) is 2.80. The van der Waals surface area contributed by atoms with Crippen LogP contribution in [-0.2, 0) is 0 Å². The molecule has 2 heterocycles. The highest BCUT2D eigenvalue weighted by atomic mass is 16.2. The molecule has 0 aliphatic carbocycles. The van der Waals surface area contributed by atoms with Crippen LogP contribution in [-0.4, -0.2) is 34.0 Å². The molecule has 1 atom stereocenters. The number of H-pyrrole nitrogens is 1. The number of nitrogens with one attached hydrogen (secondary N) is 2. The van der Waals surface area contributed by atoms with Crippen molar-refractivity contribution in [3.05, 3.63) is 30.1 Å². The van der Waals surface area contributed by atoms with Crippen LogP contribution in [0.1, 0.15) is 18.0 Å². The van der Waals surface area contributed by atoms with E-state index in [9.17, 15) is 4.79 Å². The number of amides is 2. The normalized spacial score (nSPS) is 18.6. The van der Waals surface area contributed by atoms with Crippen LogP contribution in [0, 0.1) is 11.3 Å². The lowest BCUT2D eigenvalue weighted by Crippen LogP contribution is -2.28. The molecule has 0 saturated carbocycles. The molecule has 1 aliphatic rings. The van der Waals surface area contributed by atoms with E-state index in [-0.39, 0.29) is 12.1 Å². The fraction of sp³-hybridized carbons (Fsp3) is 0.308. The summed E-state index contributed by atoms with van der Waals surface area (Å²) in [6.45, 7) is 1.07. The average Bonchev–Trinajstić information content (AvgIpc) is 3.02. The zero-order valence-electron chi connectivity index (χ0n) is 10.3. The topological polar surface area (TPSA) is 84.8 Å². The Morgan fingerprint density at radius 2 is 2.42 bits per heavy atom. The number of aromatic nitrogens is 2. The molecule has 2 amide bonds. The third kappa shape index (κ3) is 2.10. The number of nitriles is 1. The van der Waals surface area contributed by atoms with Gasteiger partial charge in [-0.15, -0.1) is 0 Å². The van der Waals surface area contributed by atoms with Crippen molar-refractivity contribution in [2.75, 3.05) is 13.1 Å². The maximum atomic E-state index is 11.8. The highest BCUT2D eigenvalue weighted by molar-refractivity contribution is 5.79. The van der Waals surface area contributed by atoms with E-state index in [1.54, 1.807) is 11.2 Å². The summed E-state index contributed by atoms with van der Waals surface area (Å²) in [7, 11) is 0. The van der Waals surface area contributed by atoms with E-state index in [4.69, 9.17) is 5.26 Å². The van der Waals surface area contributed by atoms with Gasteiger partial charge in [0.25, 0.3) is 0 Å². The molecule has 6 heteroatoms. The predicted octanol–water partition coefficient (Wildman–Crippen LogP) is 1.54. The number of aromatic amines is 1. The highest BCUT2D eigenvalue weighted by Crippen LogP contribution is 2.23. The molecule has 1 saturated heterocycles. The zero-order valence-corrected chi connectivity index (χ0v) is 10.3. The molecule has 0 spiro atoms. The summed E-state index contributed by atoms with van der Waals surface area (Å²) in [4.78, 5) is 20.7. The van der Waals surface area contributed by atoms with Gasteiger partial charge in [0.2, 0.25) is 0 Å². The van der Waals surface area contributed by atoms with E-state index < -0.39 is 0 Å². The summed E-state index contributed by atoms with van der Waals surface area (Å²) in [5, 5.41) is 11.5. The van der Waals surface area contributed by atoms with Gasteiger partial charge in [0, 0.05) is 13.1 Å². The molecule has 19 heavy (non-hydrogen) atoms. The van der Waals surface area contributed by atoms with Crippen LogP contribution in [0.5, 0.6) is 0 Å². The summed E-state index contributed by atoms with van der Waals surface area (Å²) in [6, 6.07) is 7.83. The molecule has 2 N–H and O–H groups in total. The Bertz CT molecular complexity index is 656. The van der Waals surface area contributed by atoms with Crippen LogP contribution >= 0.6 is 0 Å². The van der Waals surface area contributed by atoms with Crippen molar-refractivity contribution >= 4 is 17.1 Å². The number of fused-ring (bicyclic) bond motifs is 1. The number of carbonyl (C=O) groups excluding carboxylic acids is 1. The van der Waals surface area contributed by atoms with E-state index in [0.29, 0.717) is 19.5 Å². The van der Waals surface area contributed by atoms with E-state index >= 15 is 0 Å². The van der Waals surface area contributed by atoms with Gasteiger partial charge in [0.05, 0.1) is 35.9 Å². The number of hydrogen-bond donors (Lipinski definition) is 2. The smallest absolute Gasteiger partial charge is 0.318 e. The number of carbonyl (C=O) groups is 1. The van der Waals surface area contributed by atoms with Crippen molar-refractivity contribution in [2.24, 2.45) is 0 Å². The van der Waals surface area contributed by atoms with Crippen molar-refractivity contribution in [1.29, 1.82) is 5.26 Å². The molecule has 1 aliphatic heterocycles. The van der Waals surface area contributed by atoms with Gasteiger partial charge in [-0.05, 0) is 17.7 Å². The zero-order chi connectivity index (χ0) is 13.2. The van der Waals surface area contributed by atoms with E-state index in [1.165, 1.54) is 0 Å². The fourth-order valence-corrected chi connectivity index (χ4v) is 2.33. The molecule has 1 fully saturated rings. The third-order valence-electron chi connectivity index (χ3n) is 3.33. The average molecular weight is 255 g/mol. The molecular weight excluding hydrogens is 242 g/mol. The molecule has 1 unspecified atom stereocenters. The minimum absolute atomic E-state index is 0.0288. The number of rotatable bonds is 3. The van der Waals surface area contributed by atoms with Crippen LogP contribution in [0.25, 0.3) is 11.0 Å². The lowest BCUT2D eigenvalue weighted by Gasteiger charge is -2.12. The molecule has 96 valence electrons. The Labute approximate surface area is 110 Å². The van der Waals surface area contributed by atoms with Gasteiger partial charge >= 0.3 is 6.03 Å². The van der Waals surface area contributed by atoms with Gasteiger partial charge in [-0.2, -0.15) is 5.26 Å². The molecule has 0 bridgehead atoms. The second-order valence-electron chi connectivity index (χ2n) is 4.54. The standard InChI is InChI=1S/C13H13N5O/c14-4-1-5-18-7-12(17-13(18)19)9-2-3-10-11(6-9)16-8-15-10/h2-3,6,8,12H,1,5,7H2,(H,15,16)(H,17,19). The van der Waals surface area contributed by atoms with Crippen LogP contribution in [0.15, 0.2) is 24.5 Å². The Morgan fingerprint density at radius 3 is 3.26 bits per heavy atom. The van der Waals surface area contributed by atoms with Gasteiger partial charge < -0.3 is 15.2 Å². The molecule has 2 aromatic rings. The molecule has 1 aromatic heterocycles. The number of urea groups is 1. The second-order valence-corrected chi connectivity index (χ2v) is 4.54. The van der Waals surface area contributed by atoms with E-state index in [1.807, 2.05) is 18.2 Å². The van der Waals surface area contributed by atoms with Crippen LogP contribution in [0.2, 0.25) is 0 Å². The largest absolute Gasteiger partial charge is 0.345 e. The number of imidazole rings is 1. The summed E-state index contributed by atoms with van der Waals surface area (Å²) in [6.07, 6.45) is 2.01. The molecule has 1 aromatic carbocycles. The van der Waals surface area contributed by atoms with Crippen molar-refractivity contribution < 1.29 is 4.79 Å². The summed E-state index contributed by atoms with van der Waals surface area (Å²) < 4.78 is 0. The number of hydrogen-bond acceptors (Lipinski definition) is 3. The van der Waals surface area contributed by atoms with Crippen LogP contribution in [0.3, 0.4) is 0 Å². The second kappa shape index (κ2) is 4.61. The van der Waals surface area contributed by atoms with Gasteiger partial charge in [0.15, 0.2) is 0 Å². The van der Waals surface area contributed by atoms with Crippen molar-refractivity contribution in [2.45, 2.75) is 12.5 Å². The highest BCUT2D eigenvalue weighted by Gasteiger charge is 2.29. The third-order valence-corrected chi connectivity index (χ3v) is 3.33. The van der Waals surface area contributed by atoms with Gasteiger partial charge in [0.1, 0.15) is 0 Å². The number of benzene rings is 1. The Hall–Kier alpha value is -2.55. The molecule has 0 radical (unpaired) electrons. The Morgan fingerprint density at radius 1 is 1.53 bits per heavy atom. The first-order valence-electron chi connectivity index (χ1n) is 6.13. The first-order valence-corrected chi connectivity index (χ1v) is 6.13. The summed E-state index contributed by atoms with van der Waals surface area (Å²) >= 11 is 0. The van der Waals surface area contributed by atoms with E-state index in [0.717, 1.165) is 16.6 Å². The van der Waals surface area contributed by atoms with E-state index in [2.05, 4.69) is 21.4 Å². The summed E-state index contributed by atoms with van der Waals surface area (Å²) in [5.41, 5.74) is 2.92. The molecular formula is C13H13N5O. The van der Waals surface area contributed by atoms with Crippen molar-refractivity contribution in [1.82, 2.24) is 20.2 Å².